The van der Waals surface area contributed by atoms with E-state index in [2.05, 4.69) is 12.2 Å². The normalized spacial score (nSPS) is 10.6. The summed E-state index contributed by atoms with van der Waals surface area (Å²) in [6, 6.07) is 9.47. The van der Waals surface area contributed by atoms with Crippen LogP contribution in [0.3, 0.4) is 0 Å². The monoisotopic (exact) mass is 419 g/mol. The predicted octanol–water partition coefficient (Wildman–Crippen LogP) is 6.55. The molecule has 0 saturated heterocycles. The van der Waals surface area contributed by atoms with Crippen molar-refractivity contribution in [2.45, 2.75) is 97.0 Å². The Balaban J connectivity index is 1.83. The highest BCUT2D eigenvalue weighted by molar-refractivity contribution is 5.71. The largest absolute Gasteiger partial charge is 0.466 e. The van der Waals surface area contributed by atoms with E-state index >= 15 is 0 Å². The standard InChI is InChI=1S/C25H41NO4/c1-2-3-4-5-6-7-8-9-10-11-12-16-21-29-24(27)19-20-26-25(28)30-22-23-17-14-13-15-18-23/h13-15,17-18H,2-12,16,19-22H2,1H3,(H,26,28). The third-order valence-corrected chi connectivity index (χ3v) is 5.07. The van der Waals surface area contributed by atoms with Crippen LogP contribution in [0.25, 0.3) is 0 Å². The molecule has 0 saturated carbocycles. The molecule has 0 bridgehead atoms. The second kappa shape index (κ2) is 19.0. The van der Waals surface area contributed by atoms with Crippen LogP contribution in [-0.2, 0) is 20.9 Å². The Hall–Kier alpha value is -2.04. The first-order valence-electron chi connectivity index (χ1n) is 11.8. The summed E-state index contributed by atoms with van der Waals surface area (Å²) in [5, 5.41) is 2.57. The Bertz CT molecular complexity index is 547. The molecule has 170 valence electrons. The van der Waals surface area contributed by atoms with Crippen molar-refractivity contribution in [2.24, 2.45) is 0 Å². The fourth-order valence-electron chi connectivity index (χ4n) is 3.24. The van der Waals surface area contributed by atoms with E-state index in [4.69, 9.17) is 9.47 Å². The van der Waals surface area contributed by atoms with Crippen LogP contribution in [0.2, 0.25) is 0 Å². The van der Waals surface area contributed by atoms with E-state index in [1.165, 1.54) is 64.2 Å². The van der Waals surface area contributed by atoms with Crippen LogP contribution >= 0.6 is 0 Å². The average Bonchev–Trinajstić information content (AvgIpc) is 2.76. The molecule has 30 heavy (non-hydrogen) atoms. The molecule has 0 radical (unpaired) electrons. The first kappa shape index (κ1) is 26.0. The van der Waals surface area contributed by atoms with Gasteiger partial charge in [0.15, 0.2) is 0 Å². The maximum absolute atomic E-state index is 11.7. The van der Waals surface area contributed by atoms with Gasteiger partial charge < -0.3 is 14.8 Å². The third-order valence-electron chi connectivity index (χ3n) is 5.07. The van der Waals surface area contributed by atoms with Gasteiger partial charge in [-0.25, -0.2) is 4.79 Å². The number of carbonyl (C=O) groups excluding carboxylic acids is 2. The molecule has 0 aliphatic heterocycles. The van der Waals surface area contributed by atoms with Crippen LogP contribution in [0.5, 0.6) is 0 Å². The van der Waals surface area contributed by atoms with Crippen LogP contribution in [-0.4, -0.2) is 25.2 Å². The number of hydrogen-bond acceptors (Lipinski definition) is 4. The summed E-state index contributed by atoms with van der Waals surface area (Å²) in [7, 11) is 0. The molecule has 1 rings (SSSR count). The van der Waals surface area contributed by atoms with E-state index in [0.717, 1.165) is 18.4 Å². The summed E-state index contributed by atoms with van der Waals surface area (Å²) in [5.41, 5.74) is 0.925. The molecule has 5 heteroatoms. The van der Waals surface area contributed by atoms with E-state index < -0.39 is 6.09 Å². The highest BCUT2D eigenvalue weighted by atomic mass is 16.5. The molecule has 5 nitrogen and oxygen atoms in total. The lowest BCUT2D eigenvalue weighted by Crippen LogP contribution is -2.27. The van der Waals surface area contributed by atoms with Crippen molar-refractivity contribution in [2.75, 3.05) is 13.2 Å². The molecule has 1 N–H and O–H groups in total. The first-order chi connectivity index (χ1) is 14.7. The number of amides is 1. The van der Waals surface area contributed by atoms with Gasteiger partial charge in [-0.1, -0.05) is 108 Å². The van der Waals surface area contributed by atoms with Crippen molar-refractivity contribution in [3.63, 3.8) is 0 Å². The minimum absolute atomic E-state index is 0.165. The van der Waals surface area contributed by atoms with Gasteiger partial charge in [-0.2, -0.15) is 0 Å². The van der Waals surface area contributed by atoms with Crippen molar-refractivity contribution in [1.29, 1.82) is 0 Å². The average molecular weight is 420 g/mol. The van der Waals surface area contributed by atoms with Gasteiger partial charge in [0.05, 0.1) is 13.0 Å². The van der Waals surface area contributed by atoms with Crippen LogP contribution in [0.4, 0.5) is 4.79 Å². The minimum Gasteiger partial charge on any atom is -0.466 e. The van der Waals surface area contributed by atoms with Crippen molar-refractivity contribution in [1.82, 2.24) is 5.32 Å². The van der Waals surface area contributed by atoms with Crippen molar-refractivity contribution < 1.29 is 19.1 Å². The van der Waals surface area contributed by atoms with E-state index in [1.54, 1.807) is 0 Å². The molecule has 1 aromatic rings. The topological polar surface area (TPSA) is 64.6 Å². The first-order valence-corrected chi connectivity index (χ1v) is 11.8. The van der Waals surface area contributed by atoms with Gasteiger partial charge in [0.1, 0.15) is 6.61 Å². The Morgan fingerprint density at radius 3 is 1.93 bits per heavy atom. The van der Waals surface area contributed by atoms with Crippen molar-refractivity contribution in [3.05, 3.63) is 35.9 Å². The molecule has 0 fully saturated rings. The van der Waals surface area contributed by atoms with Gasteiger partial charge in [0.2, 0.25) is 0 Å². The number of unbranched alkanes of at least 4 members (excludes halogenated alkanes) is 11. The Morgan fingerprint density at radius 2 is 1.33 bits per heavy atom. The SMILES string of the molecule is CCCCCCCCCCCCCCOC(=O)CCNC(=O)OCc1ccccc1. The Morgan fingerprint density at radius 1 is 0.767 bits per heavy atom. The molecule has 0 aliphatic rings. The van der Waals surface area contributed by atoms with E-state index in [0.29, 0.717) is 6.61 Å². The number of rotatable bonds is 18. The van der Waals surface area contributed by atoms with Crippen LogP contribution in [0, 0.1) is 0 Å². The summed E-state index contributed by atoms with van der Waals surface area (Å²) in [6.07, 6.45) is 15.0. The second-order valence-corrected chi connectivity index (χ2v) is 7.85. The molecule has 0 atom stereocenters. The number of nitrogens with one attached hydrogen (secondary N) is 1. The van der Waals surface area contributed by atoms with Crippen LogP contribution in [0.1, 0.15) is 96.0 Å². The molecule has 1 aromatic carbocycles. The van der Waals surface area contributed by atoms with Crippen molar-refractivity contribution >= 4 is 12.1 Å². The van der Waals surface area contributed by atoms with Gasteiger partial charge in [-0.05, 0) is 12.0 Å². The zero-order valence-electron chi connectivity index (χ0n) is 18.8. The van der Waals surface area contributed by atoms with E-state index in [-0.39, 0.29) is 25.5 Å². The second-order valence-electron chi connectivity index (χ2n) is 7.85. The molecule has 1 amide bonds. The highest BCUT2D eigenvalue weighted by Gasteiger charge is 2.06. The maximum atomic E-state index is 11.7. The summed E-state index contributed by atoms with van der Waals surface area (Å²) >= 11 is 0. The fraction of sp³-hybridized carbons (Fsp3) is 0.680. The van der Waals surface area contributed by atoms with Gasteiger partial charge >= 0.3 is 12.1 Å². The fourth-order valence-corrected chi connectivity index (χ4v) is 3.24. The molecule has 0 aromatic heterocycles. The van der Waals surface area contributed by atoms with Gasteiger partial charge in [-0.15, -0.1) is 0 Å². The Labute approximate surface area is 182 Å². The lowest BCUT2D eigenvalue weighted by molar-refractivity contribution is -0.143. The summed E-state index contributed by atoms with van der Waals surface area (Å²) in [5.74, 6) is -0.276. The minimum atomic E-state index is -0.521. The lowest BCUT2D eigenvalue weighted by Gasteiger charge is -2.08. The summed E-state index contributed by atoms with van der Waals surface area (Å²) in [6.45, 7) is 3.17. The zero-order valence-corrected chi connectivity index (χ0v) is 18.8. The van der Waals surface area contributed by atoms with Crippen LogP contribution in [0.15, 0.2) is 30.3 Å². The van der Waals surface area contributed by atoms with Crippen molar-refractivity contribution in [3.8, 4) is 0 Å². The quantitative estimate of drug-likeness (QED) is 0.216. The number of ether oxygens (including phenoxy) is 2. The molecular formula is C25H41NO4. The van der Waals surface area contributed by atoms with Gasteiger partial charge in [0.25, 0.3) is 0 Å². The van der Waals surface area contributed by atoms with Gasteiger partial charge in [0, 0.05) is 6.54 Å². The molecule has 0 aliphatic carbocycles. The lowest BCUT2D eigenvalue weighted by atomic mass is 10.1. The van der Waals surface area contributed by atoms with Crippen LogP contribution < -0.4 is 5.32 Å². The Kier molecular flexibility index (Phi) is 16.4. The van der Waals surface area contributed by atoms with E-state index in [1.807, 2.05) is 30.3 Å². The molecule has 0 unspecified atom stereocenters. The molecule has 0 spiro atoms. The summed E-state index contributed by atoms with van der Waals surface area (Å²) < 4.78 is 10.3. The third kappa shape index (κ3) is 15.8. The molecular weight excluding hydrogens is 378 g/mol. The smallest absolute Gasteiger partial charge is 0.407 e. The summed E-state index contributed by atoms with van der Waals surface area (Å²) in [4.78, 5) is 23.3. The number of esters is 1. The number of hydrogen-bond donors (Lipinski definition) is 1. The van der Waals surface area contributed by atoms with E-state index in [9.17, 15) is 9.59 Å². The highest BCUT2D eigenvalue weighted by Crippen LogP contribution is 2.12. The number of benzene rings is 1. The predicted molar refractivity (Wildman–Crippen MR) is 121 cm³/mol. The maximum Gasteiger partial charge on any atom is 0.407 e. The number of alkyl carbamates (subject to hydrolysis) is 1. The molecule has 0 heterocycles. The number of carbonyl (C=O) groups is 2. The zero-order chi connectivity index (χ0) is 21.7. The van der Waals surface area contributed by atoms with Gasteiger partial charge in [-0.3, -0.25) is 4.79 Å².